The molecule has 4 heteroatoms. The molecular weight excluding hydrogens is 270 g/mol. The zero-order valence-electron chi connectivity index (χ0n) is 12.2. The van der Waals surface area contributed by atoms with Crippen LogP contribution in [0.3, 0.4) is 0 Å². The second-order valence-corrected chi connectivity index (χ2v) is 6.07. The zero-order chi connectivity index (χ0) is 14.5. The quantitative estimate of drug-likeness (QED) is 0.783. The van der Waals surface area contributed by atoms with Gasteiger partial charge in [-0.3, -0.25) is 0 Å². The number of nitrogens with zero attached hydrogens (tertiary/aromatic N) is 2. The first-order valence-corrected chi connectivity index (χ1v) is 7.55. The molecule has 0 bridgehead atoms. The van der Waals surface area contributed by atoms with Crippen molar-refractivity contribution in [2.24, 2.45) is 5.92 Å². The minimum Gasteiger partial charge on any atom is -0.345 e. The first kappa shape index (κ1) is 15.2. The Morgan fingerprint density at radius 3 is 2.85 bits per heavy atom. The molecule has 0 spiro atoms. The van der Waals surface area contributed by atoms with Crippen LogP contribution in [0.4, 0.5) is 5.82 Å². The minimum absolute atomic E-state index is 0.407. The summed E-state index contributed by atoms with van der Waals surface area (Å²) in [6.45, 7) is 6.49. The highest BCUT2D eigenvalue weighted by Crippen LogP contribution is 2.31. The summed E-state index contributed by atoms with van der Waals surface area (Å²) in [7, 11) is 0. The number of hydrogen-bond acceptors (Lipinski definition) is 3. The number of halogens is 1. The van der Waals surface area contributed by atoms with Gasteiger partial charge in [-0.1, -0.05) is 31.4 Å². The molecule has 0 aliphatic heterocycles. The molecule has 0 unspecified atom stereocenters. The summed E-state index contributed by atoms with van der Waals surface area (Å²) >= 11 is 6.22. The molecule has 20 heavy (non-hydrogen) atoms. The van der Waals surface area contributed by atoms with Crippen molar-refractivity contribution in [1.29, 1.82) is 0 Å². The maximum atomic E-state index is 6.22. The fourth-order valence-corrected chi connectivity index (χ4v) is 2.21. The van der Waals surface area contributed by atoms with Gasteiger partial charge in [0.05, 0.1) is 17.3 Å². The fourth-order valence-electron chi connectivity index (χ4n) is 2.04. The summed E-state index contributed by atoms with van der Waals surface area (Å²) in [5.74, 6) is 4.43. The normalized spacial score (nSPS) is 14.3. The lowest BCUT2D eigenvalue weighted by Crippen LogP contribution is -2.28. The van der Waals surface area contributed by atoms with Gasteiger partial charge in [0.15, 0.2) is 0 Å². The highest BCUT2D eigenvalue weighted by Gasteiger charge is 2.24. The van der Waals surface area contributed by atoms with Crippen LogP contribution < -0.4 is 10.2 Å². The third-order valence-electron chi connectivity index (χ3n) is 3.36. The molecule has 1 saturated carbocycles. The molecule has 2 rings (SSSR count). The van der Waals surface area contributed by atoms with Crippen LogP contribution in [0.2, 0.25) is 5.02 Å². The van der Waals surface area contributed by atoms with E-state index in [0.717, 1.165) is 24.0 Å². The number of nitrogens with one attached hydrogen (secondary N) is 1. The Morgan fingerprint density at radius 1 is 1.50 bits per heavy atom. The highest BCUT2D eigenvalue weighted by molar-refractivity contribution is 6.31. The van der Waals surface area contributed by atoms with E-state index in [1.54, 1.807) is 0 Å². The van der Waals surface area contributed by atoms with Crippen LogP contribution in [-0.4, -0.2) is 24.1 Å². The van der Waals surface area contributed by atoms with Gasteiger partial charge in [0.1, 0.15) is 5.82 Å². The molecule has 1 fully saturated rings. The van der Waals surface area contributed by atoms with E-state index in [1.807, 2.05) is 12.1 Å². The maximum absolute atomic E-state index is 6.22. The maximum Gasteiger partial charge on any atom is 0.129 e. The van der Waals surface area contributed by atoms with E-state index >= 15 is 0 Å². The summed E-state index contributed by atoms with van der Waals surface area (Å²) in [6.07, 6.45) is 8.08. The van der Waals surface area contributed by atoms with E-state index in [1.165, 1.54) is 12.8 Å². The molecule has 108 valence electrons. The first-order chi connectivity index (χ1) is 9.60. The molecule has 0 amide bonds. The molecular formula is C16H22ClN3. The van der Waals surface area contributed by atoms with Crippen LogP contribution in [0.25, 0.3) is 0 Å². The number of hydrogen-bond donors (Lipinski definition) is 1. The second-order valence-electron chi connectivity index (χ2n) is 5.66. The van der Waals surface area contributed by atoms with Crippen molar-refractivity contribution < 1.29 is 0 Å². The van der Waals surface area contributed by atoms with Crippen molar-refractivity contribution in [2.45, 2.75) is 39.3 Å². The lowest BCUT2D eigenvalue weighted by Gasteiger charge is -2.22. The molecule has 1 aliphatic rings. The molecule has 1 heterocycles. The van der Waals surface area contributed by atoms with E-state index in [-0.39, 0.29) is 0 Å². The molecule has 1 aromatic heterocycles. The molecule has 0 aromatic carbocycles. The Kier molecular flexibility index (Phi) is 5.28. The van der Waals surface area contributed by atoms with Crippen LogP contribution in [0.1, 0.15) is 32.4 Å². The van der Waals surface area contributed by atoms with Crippen molar-refractivity contribution >= 4 is 17.4 Å². The average molecular weight is 292 g/mol. The molecule has 0 saturated heterocycles. The van der Waals surface area contributed by atoms with Gasteiger partial charge in [0.25, 0.3) is 0 Å². The molecule has 1 aliphatic carbocycles. The lowest BCUT2D eigenvalue weighted by atomic mass is 10.3. The van der Waals surface area contributed by atoms with Gasteiger partial charge in [-0.05, 0) is 30.9 Å². The first-order valence-electron chi connectivity index (χ1n) is 7.17. The predicted molar refractivity (Wildman–Crippen MR) is 85.0 cm³/mol. The van der Waals surface area contributed by atoms with Crippen LogP contribution in [0.5, 0.6) is 0 Å². The van der Waals surface area contributed by atoms with Crippen LogP contribution in [-0.2, 0) is 6.54 Å². The van der Waals surface area contributed by atoms with Gasteiger partial charge in [-0.25, -0.2) is 4.98 Å². The number of rotatable bonds is 7. The van der Waals surface area contributed by atoms with Gasteiger partial charge in [-0.2, -0.15) is 0 Å². The SMILES string of the molecule is C#CCN(CC1CC1)c1ccc(Cl)c(CNC(C)C)n1. The Labute approximate surface area is 126 Å². The predicted octanol–water partition coefficient (Wildman–Crippen LogP) is 3.08. The van der Waals surface area contributed by atoms with Crippen molar-refractivity contribution in [2.75, 3.05) is 18.0 Å². The summed E-state index contributed by atoms with van der Waals surface area (Å²) in [5, 5.41) is 4.05. The average Bonchev–Trinajstić information content (AvgIpc) is 3.21. The van der Waals surface area contributed by atoms with Crippen LogP contribution in [0, 0.1) is 18.3 Å². The van der Waals surface area contributed by atoms with E-state index in [2.05, 4.69) is 35.0 Å². The van der Waals surface area contributed by atoms with Gasteiger partial charge >= 0.3 is 0 Å². The fraction of sp³-hybridized carbons (Fsp3) is 0.562. The Bertz CT molecular complexity index is 489. The smallest absolute Gasteiger partial charge is 0.129 e. The van der Waals surface area contributed by atoms with Crippen molar-refractivity contribution in [3.63, 3.8) is 0 Å². The van der Waals surface area contributed by atoms with Gasteiger partial charge in [-0.15, -0.1) is 6.42 Å². The third kappa shape index (κ3) is 4.40. The van der Waals surface area contributed by atoms with Gasteiger partial charge in [0.2, 0.25) is 0 Å². The number of aromatic nitrogens is 1. The molecule has 1 aromatic rings. The van der Waals surface area contributed by atoms with Crippen molar-refractivity contribution in [1.82, 2.24) is 10.3 Å². The lowest BCUT2D eigenvalue weighted by molar-refractivity contribution is 0.581. The third-order valence-corrected chi connectivity index (χ3v) is 3.71. The van der Waals surface area contributed by atoms with E-state index in [4.69, 9.17) is 18.0 Å². The summed E-state index contributed by atoms with van der Waals surface area (Å²) < 4.78 is 0. The Balaban J connectivity index is 2.12. The Hall–Kier alpha value is -1.24. The minimum atomic E-state index is 0.407. The highest BCUT2D eigenvalue weighted by atomic mass is 35.5. The van der Waals surface area contributed by atoms with Crippen molar-refractivity contribution in [3.8, 4) is 12.3 Å². The van der Waals surface area contributed by atoms with Gasteiger partial charge < -0.3 is 10.2 Å². The Morgan fingerprint density at radius 2 is 2.25 bits per heavy atom. The van der Waals surface area contributed by atoms with E-state index in [0.29, 0.717) is 24.2 Å². The van der Waals surface area contributed by atoms with E-state index < -0.39 is 0 Å². The largest absolute Gasteiger partial charge is 0.345 e. The van der Waals surface area contributed by atoms with Crippen molar-refractivity contribution in [3.05, 3.63) is 22.8 Å². The number of terminal acetylenes is 1. The standard InChI is InChI=1S/C16H22ClN3/c1-4-9-20(11-13-5-6-13)16-8-7-14(17)15(19-16)10-18-12(2)3/h1,7-8,12-13,18H,5-6,9-11H2,2-3H3. The summed E-state index contributed by atoms with van der Waals surface area (Å²) in [6, 6.07) is 4.28. The second kappa shape index (κ2) is 6.97. The molecule has 1 N–H and O–H groups in total. The number of pyridine rings is 1. The van der Waals surface area contributed by atoms with Crippen LogP contribution in [0.15, 0.2) is 12.1 Å². The summed E-state index contributed by atoms with van der Waals surface area (Å²) in [4.78, 5) is 6.85. The van der Waals surface area contributed by atoms with E-state index in [9.17, 15) is 0 Å². The topological polar surface area (TPSA) is 28.2 Å². The van der Waals surface area contributed by atoms with Gasteiger partial charge in [0, 0.05) is 19.1 Å². The molecule has 3 nitrogen and oxygen atoms in total. The zero-order valence-corrected chi connectivity index (χ0v) is 13.0. The molecule has 0 radical (unpaired) electrons. The molecule has 0 atom stereocenters. The number of anilines is 1. The monoisotopic (exact) mass is 291 g/mol. The summed E-state index contributed by atoms with van der Waals surface area (Å²) in [5.41, 5.74) is 0.885. The van der Waals surface area contributed by atoms with Crippen LogP contribution >= 0.6 is 11.6 Å².